The van der Waals surface area contributed by atoms with Crippen LogP contribution in [0.2, 0.25) is 0 Å². The Morgan fingerprint density at radius 1 is 1.42 bits per heavy atom. The summed E-state index contributed by atoms with van der Waals surface area (Å²) in [7, 11) is 0. The number of allylic oxidation sites excluding steroid dienone is 1. The van der Waals surface area contributed by atoms with Crippen molar-refractivity contribution in [2.45, 2.75) is 26.7 Å². The number of hydrogen-bond donors (Lipinski definition) is 2. The number of carbonyl (C=O) groups is 2. The highest BCUT2D eigenvalue weighted by atomic mass is 19.1. The van der Waals surface area contributed by atoms with Gasteiger partial charge >= 0.3 is 0 Å². The highest BCUT2D eigenvalue weighted by molar-refractivity contribution is 6.03. The molecule has 0 bridgehead atoms. The summed E-state index contributed by atoms with van der Waals surface area (Å²) in [6.45, 7) is 3.40. The van der Waals surface area contributed by atoms with Gasteiger partial charge in [0.1, 0.15) is 5.82 Å². The van der Waals surface area contributed by atoms with Crippen molar-refractivity contribution >= 4 is 23.2 Å². The van der Waals surface area contributed by atoms with Crippen LogP contribution in [0.25, 0.3) is 0 Å². The Bertz CT molecular complexity index is 579. The Kier molecular flexibility index (Phi) is 3.64. The van der Waals surface area contributed by atoms with Gasteiger partial charge in [-0.25, -0.2) is 4.39 Å². The molecule has 2 amide bonds. The van der Waals surface area contributed by atoms with Crippen molar-refractivity contribution in [3.63, 3.8) is 0 Å². The van der Waals surface area contributed by atoms with Crippen molar-refractivity contribution in [1.29, 1.82) is 0 Å². The number of anilines is 2. The molecule has 5 heteroatoms. The van der Waals surface area contributed by atoms with E-state index in [2.05, 4.69) is 10.6 Å². The molecule has 2 N–H and O–H groups in total. The van der Waals surface area contributed by atoms with Crippen molar-refractivity contribution in [3.8, 4) is 0 Å². The van der Waals surface area contributed by atoms with Crippen LogP contribution in [0.3, 0.4) is 0 Å². The normalized spacial score (nSPS) is 14.7. The van der Waals surface area contributed by atoms with E-state index in [1.54, 1.807) is 26.0 Å². The molecule has 0 saturated carbocycles. The first-order valence-electron chi connectivity index (χ1n) is 6.08. The molecule has 19 heavy (non-hydrogen) atoms. The molecule has 1 heterocycles. The zero-order valence-electron chi connectivity index (χ0n) is 10.8. The van der Waals surface area contributed by atoms with Gasteiger partial charge in [0.15, 0.2) is 0 Å². The maximum absolute atomic E-state index is 13.8. The third-order valence-electron chi connectivity index (χ3n) is 3.13. The number of fused-ring (bicyclic) bond motifs is 1. The molecule has 4 nitrogen and oxygen atoms in total. The number of benzene rings is 1. The second-order valence-corrected chi connectivity index (χ2v) is 4.46. The lowest BCUT2D eigenvalue weighted by Crippen LogP contribution is -2.20. The molecular formula is C14H15FN2O2. The Labute approximate surface area is 110 Å². The van der Waals surface area contributed by atoms with Crippen LogP contribution in [0.1, 0.15) is 25.8 Å². The number of nitrogens with one attached hydrogen (secondary N) is 2. The SMILES string of the molecule is CC=C(C)C(=O)Nc1cc2c(cc1F)NC(=O)CC2. The smallest absolute Gasteiger partial charge is 0.251 e. The van der Waals surface area contributed by atoms with Gasteiger partial charge in [0.25, 0.3) is 5.91 Å². The van der Waals surface area contributed by atoms with Crippen molar-refractivity contribution in [2.75, 3.05) is 10.6 Å². The molecule has 0 spiro atoms. The molecule has 1 aromatic carbocycles. The molecule has 0 atom stereocenters. The van der Waals surface area contributed by atoms with E-state index in [4.69, 9.17) is 0 Å². The minimum Gasteiger partial charge on any atom is -0.326 e. The first-order valence-corrected chi connectivity index (χ1v) is 6.08. The van der Waals surface area contributed by atoms with E-state index in [-0.39, 0.29) is 17.5 Å². The predicted octanol–water partition coefficient (Wildman–Crippen LogP) is 2.62. The molecule has 0 saturated heterocycles. The zero-order valence-corrected chi connectivity index (χ0v) is 10.8. The summed E-state index contributed by atoms with van der Waals surface area (Å²) in [5, 5.41) is 5.14. The summed E-state index contributed by atoms with van der Waals surface area (Å²) >= 11 is 0. The maximum Gasteiger partial charge on any atom is 0.251 e. The van der Waals surface area contributed by atoms with Gasteiger partial charge in [-0.15, -0.1) is 0 Å². The number of hydrogen-bond acceptors (Lipinski definition) is 2. The average Bonchev–Trinajstić information content (AvgIpc) is 2.38. The number of halogens is 1. The second kappa shape index (κ2) is 5.22. The molecule has 2 rings (SSSR count). The molecule has 0 aromatic heterocycles. The van der Waals surface area contributed by atoms with Crippen LogP contribution in [0.5, 0.6) is 0 Å². The third kappa shape index (κ3) is 2.81. The third-order valence-corrected chi connectivity index (χ3v) is 3.13. The predicted molar refractivity (Wildman–Crippen MR) is 71.4 cm³/mol. The van der Waals surface area contributed by atoms with Crippen molar-refractivity contribution in [1.82, 2.24) is 0 Å². The number of carbonyl (C=O) groups excluding carboxylic acids is 2. The van der Waals surface area contributed by atoms with Crippen LogP contribution in [0.4, 0.5) is 15.8 Å². The van der Waals surface area contributed by atoms with E-state index < -0.39 is 5.82 Å². The minimum atomic E-state index is -0.557. The van der Waals surface area contributed by atoms with E-state index in [1.165, 1.54) is 6.07 Å². The van der Waals surface area contributed by atoms with Gasteiger partial charge in [-0.1, -0.05) is 6.08 Å². The fraction of sp³-hybridized carbons (Fsp3) is 0.286. The van der Waals surface area contributed by atoms with Gasteiger partial charge in [0.05, 0.1) is 5.69 Å². The second-order valence-electron chi connectivity index (χ2n) is 4.46. The lowest BCUT2D eigenvalue weighted by molar-refractivity contribution is -0.116. The summed E-state index contributed by atoms with van der Waals surface area (Å²) in [5.41, 5.74) is 1.97. The Hall–Kier alpha value is -2.17. The number of rotatable bonds is 2. The Morgan fingerprint density at radius 2 is 2.16 bits per heavy atom. The van der Waals surface area contributed by atoms with Crippen LogP contribution < -0.4 is 10.6 Å². The van der Waals surface area contributed by atoms with Gasteiger partial charge in [-0.3, -0.25) is 9.59 Å². The van der Waals surface area contributed by atoms with Gasteiger partial charge < -0.3 is 10.6 Å². The van der Waals surface area contributed by atoms with E-state index in [0.717, 1.165) is 5.56 Å². The highest BCUT2D eigenvalue weighted by Crippen LogP contribution is 2.28. The van der Waals surface area contributed by atoms with Gasteiger partial charge in [0, 0.05) is 17.7 Å². The maximum atomic E-state index is 13.8. The average molecular weight is 262 g/mol. The topological polar surface area (TPSA) is 58.2 Å². The first-order chi connectivity index (χ1) is 9.01. The van der Waals surface area contributed by atoms with Crippen LogP contribution in [-0.4, -0.2) is 11.8 Å². The quantitative estimate of drug-likeness (QED) is 0.805. The summed E-state index contributed by atoms with van der Waals surface area (Å²) in [5.74, 6) is -1.01. The zero-order chi connectivity index (χ0) is 14.0. The minimum absolute atomic E-state index is 0.117. The summed E-state index contributed by atoms with van der Waals surface area (Å²) in [6, 6.07) is 2.82. The van der Waals surface area contributed by atoms with Crippen molar-refractivity contribution in [2.24, 2.45) is 0 Å². The first kappa shape index (κ1) is 13.3. The molecule has 0 radical (unpaired) electrons. The van der Waals surface area contributed by atoms with E-state index in [1.807, 2.05) is 0 Å². The van der Waals surface area contributed by atoms with Crippen molar-refractivity contribution < 1.29 is 14.0 Å². The molecule has 0 fully saturated rings. The molecule has 0 aliphatic carbocycles. The van der Waals surface area contributed by atoms with Crippen LogP contribution in [-0.2, 0) is 16.0 Å². The molecule has 1 aliphatic rings. The number of amides is 2. The fourth-order valence-corrected chi connectivity index (χ4v) is 1.85. The van der Waals surface area contributed by atoms with Crippen LogP contribution >= 0.6 is 0 Å². The Balaban J connectivity index is 2.28. The monoisotopic (exact) mass is 262 g/mol. The van der Waals surface area contributed by atoms with E-state index in [0.29, 0.717) is 24.1 Å². The Morgan fingerprint density at radius 3 is 2.84 bits per heavy atom. The molecular weight excluding hydrogens is 247 g/mol. The summed E-state index contributed by atoms with van der Waals surface area (Å²) in [4.78, 5) is 22.9. The van der Waals surface area contributed by atoms with Gasteiger partial charge in [0.2, 0.25) is 5.91 Å². The van der Waals surface area contributed by atoms with Gasteiger partial charge in [-0.2, -0.15) is 0 Å². The standard InChI is InChI=1S/C14H15FN2O2/c1-3-8(2)14(19)17-12-6-9-4-5-13(18)16-11(9)7-10(12)15/h3,6-7H,4-5H2,1-2H3,(H,16,18)(H,17,19). The van der Waals surface area contributed by atoms with Crippen LogP contribution in [0, 0.1) is 5.82 Å². The summed E-state index contributed by atoms with van der Waals surface area (Å²) < 4.78 is 13.8. The lowest BCUT2D eigenvalue weighted by Gasteiger charge is -2.18. The molecule has 100 valence electrons. The van der Waals surface area contributed by atoms with E-state index >= 15 is 0 Å². The molecule has 1 aromatic rings. The van der Waals surface area contributed by atoms with E-state index in [9.17, 15) is 14.0 Å². The molecule has 0 unspecified atom stereocenters. The largest absolute Gasteiger partial charge is 0.326 e. The molecule has 1 aliphatic heterocycles. The summed E-state index contributed by atoms with van der Waals surface area (Å²) in [6.07, 6.45) is 2.58. The lowest BCUT2D eigenvalue weighted by atomic mass is 10.0. The van der Waals surface area contributed by atoms with Gasteiger partial charge in [-0.05, 0) is 38.0 Å². The fourth-order valence-electron chi connectivity index (χ4n) is 1.85. The highest BCUT2D eigenvalue weighted by Gasteiger charge is 2.18. The number of aryl methyl sites for hydroxylation is 1. The van der Waals surface area contributed by atoms with Crippen molar-refractivity contribution in [3.05, 3.63) is 35.2 Å². The van der Waals surface area contributed by atoms with Crippen LogP contribution in [0.15, 0.2) is 23.8 Å².